The summed E-state index contributed by atoms with van der Waals surface area (Å²) in [7, 11) is 0. The second kappa shape index (κ2) is 9.59. The Balaban J connectivity index is 0.00000243. The summed E-state index contributed by atoms with van der Waals surface area (Å²) in [5, 5.41) is 13.4. The highest BCUT2D eigenvalue weighted by atomic mass is 35.5. The highest BCUT2D eigenvalue weighted by Crippen LogP contribution is 2.16. The van der Waals surface area contributed by atoms with Crippen LogP contribution < -0.4 is 15.4 Å². The van der Waals surface area contributed by atoms with Gasteiger partial charge in [-0.25, -0.2) is 0 Å². The van der Waals surface area contributed by atoms with E-state index in [2.05, 4.69) is 34.7 Å². The van der Waals surface area contributed by atoms with Crippen LogP contribution in [0.25, 0.3) is 0 Å². The van der Waals surface area contributed by atoms with E-state index in [0.29, 0.717) is 24.7 Å². The van der Waals surface area contributed by atoms with E-state index in [-0.39, 0.29) is 18.3 Å². The summed E-state index contributed by atoms with van der Waals surface area (Å²) in [5.74, 6) is 1.29. The highest BCUT2D eigenvalue weighted by Gasteiger charge is 2.21. The van der Waals surface area contributed by atoms with E-state index in [1.54, 1.807) is 0 Å². The van der Waals surface area contributed by atoms with E-state index in [4.69, 9.17) is 4.74 Å². The second-order valence-electron chi connectivity index (χ2n) is 6.81. The molecule has 2 aromatic rings. The third-order valence-electron chi connectivity index (χ3n) is 4.23. The minimum absolute atomic E-state index is 0. The molecule has 6 nitrogen and oxygen atoms in total. The summed E-state index contributed by atoms with van der Waals surface area (Å²) in [6.45, 7) is 7.19. The molecule has 0 unspecified atom stereocenters. The Morgan fingerprint density at radius 1 is 1.31 bits per heavy atom. The molecule has 1 aromatic heterocycles. The molecule has 0 spiro atoms. The molecule has 3 N–H and O–H groups in total. The van der Waals surface area contributed by atoms with Gasteiger partial charge in [0, 0.05) is 37.3 Å². The van der Waals surface area contributed by atoms with Crippen molar-refractivity contribution in [3.8, 4) is 5.75 Å². The Morgan fingerprint density at radius 2 is 2.08 bits per heavy atom. The topological polar surface area (TPSA) is 79.0 Å². The molecule has 142 valence electrons. The third kappa shape index (κ3) is 5.22. The molecule has 0 fully saturated rings. The van der Waals surface area contributed by atoms with E-state index in [9.17, 15) is 4.79 Å². The lowest BCUT2D eigenvalue weighted by Crippen LogP contribution is -2.29. The first-order valence-corrected chi connectivity index (χ1v) is 8.90. The summed E-state index contributed by atoms with van der Waals surface area (Å²) in [6.07, 6.45) is 1.67. The maximum Gasteiger partial charge on any atom is 0.272 e. The number of amides is 1. The molecule has 3 rings (SSSR count). The van der Waals surface area contributed by atoms with Gasteiger partial charge in [0.1, 0.15) is 5.75 Å². The smallest absolute Gasteiger partial charge is 0.272 e. The number of ether oxygens (including phenoxy) is 1. The van der Waals surface area contributed by atoms with Gasteiger partial charge in [0.15, 0.2) is 5.69 Å². The van der Waals surface area contributed by atoms with Crippen LogP contribution in [0.4, 0.5) is 0 Å². The van der Waals surface area contributed by atoms with Crippen LogP contribution >= 0.6 is 12.4 Å². The zero-order valence-electron chi connectivity index (χ0n) is 15.3. The standard InChI is InChI=1S/C19H26N4O2.ClH/c1-13(2)12-25-15-5-3-14(4-6-15)7-10-21-19(24)18-16-11-20-9-8-17(16)22-23-18;/h3-6,13,20H,7-12H2,1-2H3,(H,21,24)(H,22,23);1H. The Bertz CT molecular complexity index is 713. The summed E-state index contributed by atoms with van der Waals surface area (Å²) >= 11 is 0. The Morgan fingerprint density at radius 3 is 2.81 bits per heavy atom. The van der Waals surface area contributed by atoms with Crippen molar-refractivity contribution >= 4 is 18.3 Å². The molecule has 7 heteroatoms. The van der Waals surface area contributed by atoms with Crippen LogP contribution in [0.1, 0.15) is 41.2 Å². The van der Waals surface area contributed by atoms with Gasteiger partial charge in [-0.3, -0.25) is 9.89 Å². The molecular weight excluding hydrogens is 352 g/mol. The predicted octanol–water partition coefficient (Wildman–Crippen LogP) is 2.48. The van der Waals surface area contributed by atoms with Crippen LogP contribution in [0.2, 0.25) is 0 Å². The fraction of sp³-hybridized carbons (Fsp3) is 0.474. The van der Waals surface area contributed by atoms with Crippen LogP contribution in [-0.2, 0) is 19.4 Å². The van der Waals surface area contributed by atoms with E-state index in [1.165, 1.54) is 5.56 Å². The number of aromatic amines is 1. The number of benzene rings is 1. The van der Waals surface area contributed by atoms with Crippen molar-refractivity contribution < 1.29 is 9.53 Å². The van der Waals surface area contributed by atoms with Crippen molar-refractivity contribution in [3.63, 3.8) is 0 Å². The van der Waals surface area contributed by atoms with Crippen molar-refractivity contribution in [1.82, 2.24) is 20.8 Å². The summed E-state index contributed by atoms with van der Waals surface area (Å²) in [5.41, 5.74) is 3.75. The molecule has 0 aliphatic carbocycles. The number of nitrogens with one attached hydrogen (secondary N) is 3. The Hall–Kier alpha value is -2.05. The Kier molecular flexibility index (Phi) is 7.48. The Labute approximate surface area is 160 Å². The van der Waals surface area contributed by atoms with Gasteiger partial charge in [-0.1, -0.05) is 26.0 Å². The van der Waals surface area contributed by atoms with E-state index < -0.39 is 0 Å². The minimum Gasteiger partial charge on any atom is -0.493 e. The molecule has 0 radical (unpaired) electrons. The number of hydrogen-bond donors (Lipinski definition) is 3. The van der Waals surface area contributed by atoms with Gasteiger partial charge in [-0.05, 0) is 30.0 Å². The highest BCUT2D eigenvalue weighted by molar-refractivity contribution is 5.94. The normalized spacial score (nSPS) is 13.0. The summed E-state index contributed by atoms with van der Waals surface area (Å²) in [6, 6.07) is 8.05. The minimum atomic E-state index is -0.113. The van der Waals surface area contributed by atoms with Crippen molar-refractivity contribution in [2.75, 3.05) is 19.7 Å². The molecule has 0 saturated carbocycles. The quantitative estimate of drug-likeness (QED) is 0.691. The van der Waals surface area contributed by atoms with Crippen molar-refractivity contribution in [3.05, 3.63) is 46.8 Å². The van der Waals surface area contributed by atoms with Gasteiger partial charge in [-0.15, -0.1) is 12.4 Å². The summed E-state index contributed by atoms with van der Waals surface area (Å²) in [4.78, 5) is 12.3. The third-order valence-corrected chi connectivity index (χ3v) is 4.23. The lowest BCUT2D eigenvalue weighted by Gasteiger charge is -2.13. The number of rotatable bonds is 7. The van der Waals surface area contributed by atoms with E-state index >= 15 is 0 Å². The number of fused-ring (bicyclic) bond motifs is 1. The van der Waals surface area contributed by atoms with Crippen molar-refractivity contribution in [2.45, 2.75) is 33.2 Å². The van der Waals surface area contributed by atoms with Crippen LogP contribution in [0.15, 0.2) is 24.3 Å². The van der Waals surface area contributed by atoms with E-state index in [1.807, 2.05) is 24.3 Å². The molecule has 1 aliphatic heterocycles. The lowest BCUT2D eigenvalue weighted by molar-refractivity contribution is 0.0948. The zero-order valence-corrected chi connectivity index (χ0v) is 16.1. The first-order valence-electron chi connectivity index (χ1n) is 8.90. The number of hydrogen-bond acceptors (Lipinski definition) is 4. The molecule has 1 aromatic carbocycles. The van der Waals surface area contributed by atoms with Crippen LogP contribution in [0.3, 0.4) is 0 Å². The van der Waals surface area contributed by atoms with Crippen molar-refractivity contribution in [2.24, 2.45) is 5.92 Å². The molecule has 1 amide bonds. The number of halogens is 1. The van der Waals surface area contributed by atoms with Gasteiger partial charge in [-0.2, -0.15) is 5.10 Å². The fourth-order valence-corrected chi connectivity index (χ4v) is 2.83. The van der Waals surface area contributed by atoms with Gasteiger partial charge >= 0.3 is 0 Å². The van der Waals surface area contributed by atoms with Gasteiger partial charge in [0.25, 0.3) is 5.91 Å². The van der Waals surface area contributed by atoms with Crippen LogP contribution in [0.5, 0.6) is 5.75 Å². The molecule has 0 bridgehead atoms. The fourth-order valence-electron chi connectivity index (χ4n) is 2.83. The van der Waals surface area contributed by atoms with Crippen LogP contribution in [-0.4, -0.2) is 35.8 Å². The first kappa shape index (κ1) is 20.3. The first-order chi connectivity index (χ1) is 12.1. The largest absolute Gasteiger partial charge is 0.493 e. The van der Waals surface area contributed by atoms with Crippen LogP contribution in [0, 0.1) is 5.92 Å². The molecule has 0 atom stereocenters. The number of carbonyl (C=O) groups excluding carboxylic acids is 1. The van der Waals surface area contributed by atoms with Gasteiger partial charge < -0.3 is 15.4 Å². The molecule has 0 saturated heterocycles. The molecule has 2 heterocycles. The zero-order chi connectivity index (χ0) is 17.6. The lowest BCUT2D eigenvalue weighted by atomic mass is 10.1. The number of aromatic nitrogens is 2. The average Bonchev–Trinajstić information content (AvgIpc) is 3.05. The number of nitrogens with zero attached hydrogens (tertiary/aromatic N) is 1. The maximum atomic E-state index is 12.3. The summed E-state index contributed by atoms with van der Waals surface area (Å²) < 4.78 is 5.68. The second-order valence-corrected chi connectivity index (χ2v) is 6.81. The molecule has 1 aliphatic rings. The van der Waals surface area contributed by atoms with Gasteiger partial charge in [0.05, 0.1) is 6.61 Å². The molecular formula is C19H27ClN4O2. The maximum absolute atomic E-state index is 12.3. The van der Waals surface area contributed by atoms with Crippen molar-refractivity contribution in [1.29, 1.82) is 0 Å². The van der Waals surface area contributed by atoms with Gasteiger partial charge in [0.2, 0.25) is 0 Å². The average molecular weight is 379 g/mol. The number of H-pyrrole nitrogens is 1. The number of carbonyl (C=O) groups is 1. The predicted molar refractivity (Wildman–Crippen MR) is 104 cm³/mol. The van der Waals surface area contributed by atoms with E-state index in [0.717, 1.165) is 43.0 Å². The SMILES string of the molecule is CC(C)COc1ccc(CCNC(=O)c2n[nH]c3c2CNCC3)cc1.Cl. The molecule has 26 heavy (non-hydrogen) atoms. The monoisotopic (exact) mass is 378 g/mol.